The summed E-state index contributed by atoms with van der Waals surface area (Å²) in [6.07, 6.45) is 4.13. The van der Waals surface area contributed by atoms with Gasteiger partial charge in [0.05, 0.1) is 18.8 Å². The molecule has 1 aliphatic rings. The smallest absolute Gasteiger partial charge is 0.255 e. The van der Waals surface area contributed by atoms with Crippen LogP contribution in [0.4, 0.5) is 5.69 Å². The molecule has 5 rings (SSSR count). The number of ketones is 1. The highest BCUT2D eigenvalue weighted by molar-refractivity contribution is 6.11. The van der Waals surface area contributed by atoms with Crippen LogP contribution < -0.4 is 15.4 Å². The van der Waals surface area contributed by atoms with Crippen molar-refractivity contribution in [1.82, 2.24) is 15.5 Å². The average molecular weight is 467 g/mol. The fraction of sp³-hybridized carbons (Fsp3) is 0.179. The maximum absolute atomic E-state index is 13.2. The Morgan fingerprint density at radius 1 is 1.06 bits per heavy atom. The predicted molar refractivity (Wildman–Crippen MR) is 137 cm³/mol. The molecule has 1 aliphatic heterocycles. The van der Waals surface area contributed by atoms with Crippen molar-refractivity contribution in [2.45, 2.75) is 25.8 Å². The maximum atomic E-state index is 13.2. The van der Waals surface area contributed by atoms with E-state index in [0.717, 1.165) is 39.9 Å². The van der Waals surface area contributed by atoms with Gasteiger partial charge in [-0.3, -0.25) is 14.7 Å². The molecule has 35 heavy (non-hydrogen) atoms. The number of carbonyl (C=O) groups is 2. The standard InChI is InChI=1S/C28H26N4O3/c1-28(2)15-19-7-9-22(35-3)13-23(19)25(31-28)14-26(33)17-5-4-6-18(11-17)27(34)30-21-8-10-24-20(12-21)16-29-32-24/h4-14,16,31H,15H2,1-3H3,(H,29,32)(H,30,34)/b25-14-. The second-order valence-electron chi connectivity index (χ2n) is 9.34. The number of rotatable bonds is 5. The molecule has 3 N–H and O–H groups in total. The van der Waals surface area contributed by atoms with E-state index in [2.05, 4.69) is 34.7 Å². The molecule has 0 spiro atoms. The molecule has 4 aromatic rings. The van der Waals surface area contributed by atoms with E-state index in [9.17, 15) is 9.59 Å². The number of aromatic nitrogens is 2. The van der Waals surface area contributed by atoms with Gasteiger partial charge in [0.25, 0.3) is 5.91 Å². The number of anilines is 1. The van der Waals surface area contributed by atoms with Gasteiger partial charge in [0.2, 0.25) is 0 Å². The van der Waals surface area contributed by atoms with Crippen molar-refractivity contribution >= 4 is 34.0 Å². The van der Waals surface area contributed by atoms with E-state index in [1.165, 1.54) is 0 Å². The monoisotopic (exact) mass is 466 g/mol. The van der Waals surface area contributed by atoms with Gasteiger partial charge in [-0.1, -0.05) is 18.2 Å². The molecule has 0 radical (unpaired) electrons. The molecule has 1 amide bonds. The number of H-pyrrole nitrogens is 1. The number of ether oxygens (including phenoxy) is 1. The summed E-state index contributed by atoms with van der Waals surface area (Å²) in [7, 11) is 1.63. The molecule has 0 unspecified atom stereocenters. The first-order chi connectivity index (χ1) is 16.8. The summed E-state index contributed by atoms with van der Waals surface area (Å²) in [6, 6.07) is 18.2. The lowest BCUT2D eigenvalue weighted by Crippen LogP contribution is -2.43. The Labute approximate surface area is 203 Å². The summed E-state index contributed by atoms with van der Waals surface area (Å²) in [4.78, 5) is 26.1. The van der Waals surface area contributed by atoms with Gasteiger partial charge in [0.15, 0.2) is 5.78 Å². The number of hydrogen-bond acceptors (Lipinski definition) is 5. The number of fused-ring (bicyclic) bond motifs is 2. The molecule has 3 aromatic carbocycles. The fourth-order valence-corrected chi connectivity index (χ4v) is 4.41. The molecular formula is C28H26N4O3. The highest BCUT2D eigenvalue weighted by atomic mass is 16.5. The molecule has 0 aliphatic carbocycles. The number of allylic oxidation sites excluding steroid dienone is 1. The van der Waals surface area contributed by atoms with Crippen LogP contribution in [0.2, 0.25) is 0 Å². The summed E-state index contributed by atoms with van der Waals surface area (Å²) in [6.45, 7) is 4.20. The van der Waals surface area contributed by atoms with Gasteiger partial charge >= 0.3 is 0 Å². The first-order valence-corrected chi connectivity index (χ1v) is 11.4. The van der Waals surface area contributed by atoms with E-state index in [1.807, 2.05) is 30.3 Å². The SMILES string of the molecule is COc1ccc2c(c1)/C(=C/C(=O)c1cccc(C(=O)Nc3ccc4[nH]ncc4c3)c1)NC(C)(C)C2. The number of benzene rings is 3. The van der Waals surface area contributed by atoms with Crippen LogP contribution in [-0.4, -0.2) is 34.5 Å². The Kier molecular flexibility index (Phi) is 5.61. The molecule has 0 saturated heterocycles. The van der Waals surface area contributed by atoms with E-state index < -0.39 is 0 Å². The number of nitrogens with zero attached hydrogens (tertiary/aromatic N) is 1. The predicted octanol–water partition coefficient (Wildman–Crippen LogP) is 4.97. The Hall–Kier alpha value is -4.39. The minimum absolute atomic E-state index is 0.187. The van der Waals surface area contributed by atoms with E-state index >= 15 is 0 Å². The van der Waals surface area contributed by atoms with Crippen LogP contribution >= 0.6 is 0 Å². The summed E-state index contributed by atoms with van der Waals surface area (Å²) < 4.78 is 5.39. The van der Waals surface area contributed by atoms with Gasteiger partial charge in [-0.05, 0) is 68.3 Å². The Morgan fingerprint density at radius 3 is 2.71 bits per heavy atom. The molecule has 2 heterocycles. The summed E-state index contributed by atoms with van der Waals surface area (Å²) in [5.41, 5.74) is 5.01. The van der Waals surface area contributed by atoms with Crippen LogP contribution in [0.3, 0.4) is 0 Å². The number of amides is 1. The van der Waals surface area contributed by atoms with Crippen molar-refractivity contribution < 1.29 is 14.3 Å². The van der Waals surface area contributed by atoms with Crippen molar-refractivity contribution in [2.75, 3.05) is 12.4 Å². The number of nitrogens with one attached hydrogen (secondary N) is 3. The fourth-order valence-electron chi connectivity index (χ4n) is 4.41. The minimum Gasteiger partial charge on any atom is -0.497 e. The van der Waals surface area contributed by atoms with Gasteiger partial charge in [-0.15, -0.1) is 0 Å². The van der Waals surface area contributed by atoms with Crippen LogP contribution in [0, 0.1) is 0 Å². The van der Waals surface area contributed by atoms with Gasteiger partial charge in [-0.2, -0.15) is 5.10 Å². The second kappa shape index (κ2) is 8.76. The first-order valence-electron chi connectivity index (χ1n) is 11.4. The van der Waals surface area contributed by atoms with Crippen molar-refractivity contribution in [3.63, 3.8) is 0 Å². The van der Waals surface area contributed by atoms with Crippen LogP contribution in [0.1, 0.15) is 45.7 Å². The van der Waals surface area contributed by atoms with E-state index in [-0.39, 0.29) is 17.2 Å². The normalized spacial score (nSPS) is 15.3. The van der Waals surface area contributed by atoms with Crippen LogP contribution in [0.5, 0.6) is 5.75 Å². The lowest BCUT2D eigenvalue weighted by molar-refractivity contribution is 0.102. The van der Waals surface area contributed by atoms with Crippen molar-refractivity contribution in [2.24, 2.45) is 0 Å². The lowest BCUT2D eigenvalue weighted by Gasteiger charge is -2.35. The van der Waals surface area contributed by atoms with Gasteiger partial charge in [-0.25, -0.2) is 0 Å². The summed E-state index contributed by atoms with van der Waals surface area (Å²) >= 11 is 0. The highest BCUT2D eigenvalue weighted by Crippen LogP contribution is 2.32. The third-order valence-electron chi connectivity index (χ3n) is 6.10. The molecule has 7 nitrogen and oxygen atoms in total. The topological polar surface area (TPSA) is 96.1 Å². The molecule has 1 aromatic heterocycles. The van der Waals surface area contributed by atoms with E-state index in [4.69, 9.17) is 4.74 Å². The Balaban J connectivity index is 1.41. The van der Waals surface area contributed by atoms with Crippen molar-refractivity contribution in [3.05, 3.63) is 95.2 Å². The first kappa shape index (κ1) is 22.4. The molecule has 0 saturated carbocycles. The molecule has 0 atom stereocenters. The van der Waals surface area contributed by atoms with Crippen LogP contribution in [-0.2, 0) is 6.42 Å². The second-order valence-corrected chi connectivity index (χ2v) is 9.34. The largest absolute Gasteiger partial charge is 0.497 e. The van der Waals surface area contributed by atoms with Gasteiger partial charge in [0, 0.05) is 45.1 Å². The lowest BCUT2D eigenvalue weighted by atomic mass is 9.85. The molecule has 0 bridgehead atoms. The Bertz CT molecular complexity index is 1480. The summed E-state index contributed by atoms with van der Waals surface area (Å²) in [5.74, 6) is 0.256. The summed E-state index contributed by atoms with van der Waals surface area (Å²) in [5, 5.41) is 14.2. The van der Waals surface area contributed by atoms with Crippen molar-refractivity contribution in [3.8, 4) is 5.75 Å². The van der Waals surface area contributed by atoms with Crippen LogP contribution in [0.25, 0.3) is 16.6 Å². The third kappa shape index (κ3) is 4.66. The van der Waals surface area contributed by atoms with E-state index in [0.29, 0.717) is 16.8 Å². The molecule has 0 fully saturated rings. The molecular weight excluding hydrogens is 440 g/mol. The van der Waals surface area contributed by atoms with Gasteiger partial charge < -0.3 is 15.4 Å². The number of hydrogen-bond donors (Lipinski definition) is 3. The molecule has 176 valence electrons. The molecule has 7 heteroatoms. The third-order valence-corrected chi connectivity index (χ3v) is 6.10. The Morgan fingerprint density at radius 2 is 1.89 bits per heavy atom. The zero-order valence-corrected chi connectivity index (χ0v) is 19.8. The zero-order chi connectivity index (χ0) is 24.6. The number of aromatic amines is 1. The number of carbonyl (C=O) groups excluding carboxylic acids is 2. The maximum Gasteiger partial charge on any atom is 0.255 e. The number of methoxy groups -OCH3 is 1. The minimum atomic E-state index is -0.290. The average Bonchev–Trinajstić information content (AvgIpc) is 3.31. The zero-order valence-electron chi connectivity index (χ0n) is 19.8. The van der Waals surface area contributed by atoms with Crippen LogP contribution in [0.15, 0.2) is 72.9 Å². The quantitative estimate of drug-likeness (QED) is 0.285. The highest BCUT2D eigenvalue weighted by Gasteiger charge is 2.28. The van der Waals surface area contributed by atoms with Gasteiger partial charge in [0.1, 0.15) is 5.75 Å². The van der Waals surface area contributed by atoms with Crippen molar-refractivity contribution in [1.29, 1.82) is 0 Å². The van der Waals surface area contributed by atoms with E-state index in [1.54, 1.807) is 49.7 Å².